The molecule has 0 N–H and O–H groups in total. The molecule has 38 valence electrons. The van der Waals surface area contributed by atoms with Crippen LogP contribution in [-0.4, -0.2) is 4.75 Å². The van der Waals surface area contributed by atoms with Crippen molar-refractivity contribution in [2.45, 2.75) is 13.8 Å². The van der Waals surface area contributed by atoms with Crippen molar-refractivity contribution >= 4 is 8.35 Å². The molecule has 1 atom stereocenters. The molecule has 1 nitrogen and oxygen atoms in total. The molecule has 0 bridgehead atoms. The Hall–Kier alpha value is -0.290. The van der Waals surface area contributed by atoms with E-state index in [2.05, 4.69) is 18.6 Å². The maximum Gasteiger partial charge on any atom is 0.0341 e. The van der Waals surface area contributed by atoms with Crippen LogP contribution in [0.25, 0.3) is 0 Å². The molecule has 0 radical (unpaired) electrons. The van der Waals surface area contributed by atoms with Crippen LogP contribution >= 0.6 is 8.35 Å². The molecule has 1 aromatic heterocycles. The van der Waals surface area contributed by atoms with Crippen molar-refractivity contribution in [1.29, 1.82) is 0 Å². The third-order valence-corrected chi connectivity index (χ3v) is 2.07. The summed E-state index contributed by atoms with van der Waals surface area (Å²) < 4.78 is 4.07. The average molecular weight is 113 g/mol. The number of aryl methyl sites for hydroxylation is 2. The van der Waals surface area contributed by atoms with E-state index in [1.807, 2.05) is 6.20 Å². The summed E-state index contributed by atoms with van der Waals surface area (Å²) in [6.45, 7) is 4.22. The topological polar surface area (TPSA) is 12.9 Å². The molecule has 1 aromatic rings. The zero-order valence-corrected chi connectivity index (χ0v) is 5.52. The fourth-order valence-corrected chi connectivity index (χ4v) is 1.10. The van der Waals surface area contributed by atoms with Crippen molar-refractivity contribution in [2.24, 2.45) is 0 Å². The lowest BCUT2D eigenvalue weighted by molar-refractivity contribution is 1.40. The van der Waals surface area contributed by atoms with Crippen LogP contribution in [0.3, 0.4) is 0 Å². The monoisotopic (exact) mass is 113 g/mol. The summed E-state index contributed by atoms with van der Waals surface area (Å²) in [5.41, 5.74) is 1.35. The first-order valence-corrected chi connectivity index (χ1v) is 3.22. The molecule has 0 fully saturated rings. The number of hydrogen-bond donors (Lipinski definition) is 0. The SMILES string of the molecule is Cc1cn[pH]c1C. The van der Waals surface area contributed by atoms with Crippen LogP contribution in [0.1, 0.15) is 10.9 Å². The third kappa shape index (κ3) is 0.834. The number of hydrogen-bond acceptors (Lipinski definition) is 1. The lowest BCUT2D eigenvalue weighted by Gasteiger charge is -1.78. The van der Waals surface area contributed by atoms with Crippen LogP contribution in [0, 0.1) is 13.8 Å². The highest BCUT2D eigenvalue weighted by atomic mass is 31.0. The fraction of sp³-hybridized carbons (Fsp3) is 0.400. The van der Waals surface area contributed by atoms with Crippen molar-refractivity contribution in [3.63, 3.8) is 0 Å². The first-order valence-electron chi connectivity index (χ1n) is 2.27. The van der Waals surface area contributed by atoms with Crippen molar-refractivity contribution < 1.29 is 0 Å². The largest absolute Gasteiger partial charge is 0.248 e. The van der Waals surface area contributed by atoms with Crippen LogP contribution in [0.15, 0.2) is 6.20 Å². The van der Waals surface area contributed by atoms with Gasteiger partial charge >= 0.3 is 0 Å². The molecule has 1 rings (SSSR count). The molecule has 0 aliphatic rings. The van der Waals surface area contributed by atoms with E-state index >= 15 is 0 Å². The Balaban J connectivity index is 3.12. The van der Waals surface area contributed by atoms with Crippen LogP contribution in [-0.2, 0) is 0 Å². The van der Waals surface area contributed by atoms with Crippen LogP contribution in [0.2, 0.25) is 0 Å². The standard InChI is InChI=1S/C5H8NP/c1-4-3-6-7-5(4)2/h3,7H,1-2H3. The van der Waals surface area contributed by atoms with Gasteiger partial charge in [-0.25, -0.2) is 4.75 Å². The molecule has 1 unspecified atom stereocenters. The van der Waals surface area contributed by atoms with E-state index in [-0.39, 0.29) is 0 Å². The smallest absolute Gasteiger partial charge is 0.0341 e. The molecule has 1 heterocycles. The van der Waals surface area contributed by atoms with E-state index in [1.165, 1.54) is 10.9 Å². The normalized spacial score (nSPS) is 10.6. The number of aromatic nitrogens is 1. The van der Waals surface area contributed by atoms with E-state index in [0.29, 0.717) is 8.35 Å². The lowest BCUT2D eigenvalue weighted by atomic mass is 10.3. The minimum absolute atomic E-state index is 0.712. The van der Waals surface area contributed by atoms with E-state index < -0.39 is 0 Å². The molecule has 0 aliphatic carbocycles. The van der Waals surface area contributed by atoms with Gasteiger partial charge in [0.1, 0.15) is 0 Å². The van der Waals surface area contributed by atoms with E-state index in [1.54, 1.807) is 0 Å². The third-order valence-electron chi connectivity index (χ3n) is 1.08. The van der Waals surface area contributed by atoms with Gasteiger partial charge in [0.25, 0.3) is 0 Å². The molecule has 2 heteroatoms. The molecule has 0 spiro atoms. The maximum absolute atomic E-state index is 4.07. The zero-order valence-electron chi connectivity index (χ0n) is 4.52. The second-order valence-electron chi connectivity index (χ2n) is 1.68. The lowest BCUT2D eigenvalue weighted by Crippen LogP contribution is -1.61. The Morgan fingerprint density at radius 2 is 2.29 bits per heavy atom. The summed E-state index contributed by atoms with van der Waals surface area (Å²) in [6.07, 6.45) is 1.94. The Bertz CT molecular complexity index is 140. The molecular formula is C5H8NP. The van der Waals surface area contributed by atoms with Gasteiger partial charge in [0.15, 0.2) is 0 Å². The maximum atomic E-state index is 4.07. The van der Waals surface area contributed by atoms with Gasteiger partial charge in [-0.1, -0.05) is 0 Å². The van der Waals surface area contributed by atoms with Crippen molar-refractivity contribution in [1.82, 2.24) is 4.75 Å². The molecule has 0 saturated heterocycles. The van der Waals surface area contributed by atoms with Gasteiger partial charge in [-0.3, -0.25) is 0 Å². The predicted molar refractivity (Wildman–Crippen MR) is 33.2 cm³/mol. The highest BCUT2D eigenvalue weighted by Gasteiger charge is 1.87. The molecule has 0 amide bonds. The van der Waals surface area contributed by atoms with Gasteiger partial charge in [-0.15, -0.1) is 0 Å². The van der Waals surface area contributed by atoms with Crippen molar-refractivity contribution in [2.75, 3.05) is 0 Å². The van der Waals surface area contributed by atoms with Crippen LogP contribution in [0.4, 0.5) is 0 Å². The van der Waals surface area contributed by atoms with E-state index in [4.69, 9.17) is 0 Å². The van der Waals surface area contributed by atoms with Gasteiger partial charge in [0, 0.05) is 6.20 Å². The molecule has 0 aromatic carbocycles. The molecule has 0 aliphatic heterocycles. The first-order chi connectivity index (χ1) is 3.30. The minimum atomic E-state index is 0.712. The first kappa shape index (κ1) is 4.86. The van der Waals surface area contributed by atoms with Gasteiger partial charge in [0.05, 0.1) is 0 Å². The second kappa shape index (κ2) is 1.67. The summed E-state index contributed by atoms with van der Waals surface area (Å²) in [4.78, 5) is 0. The summed E-state index contributed by atoms with van der Waals surface area (Å²) >= 11 is 0. The number of rotatable bonds is 0. The highest BCUT2D eigenvalue weighted by Crippen LogP contribution is 2.13. The summed E-state index contributed by atoms with van der Waals surface area (Å²) in [6, 6.07) is 0. The fourth-order valence-electron chi connectivity index (χ4n) is 0.411. The highest BCUT2D eigenvalue weighted by molar-refractivity contribution is 7.26. The van der Waals surface area contributed by atoms with E-state index in [9.17, 15) is 0 Å². The quantitative estimate of drug-likeness (QED) is 0.499. The van der Waals surface area contributed by atoms with Gasteiger partial charge < -0.3 is 0 Å². The predicted octanol–water partition coefficient (Wildman–Crippen LogP) is 1.73. The molecule has 7 heavy (non-hydrogen) atoms. The van der Waals surface area contributed by atoms with Crippen LogP contribution < -0.4 is 0 Å². The average Bonchev–Trinajstić information content (AvgIpc) is 1.91. The van der Waals surface area contributed by atoms with Gasteiger partial charge in [-0.05, 0) is 33.1 Å². The van der Waals surface area contributed by atoms with Crippen molar-refractivity contribution in [3.8, 4) is 0 Å². The Morgan fingerprint density at radius 3 is 2.43 bits per heavy atom. The van der Waals surface area contributed by atoms with Gasteiger partial charge in [0.2, 0.25) is 0 Å². The summed E-state index contributed by atoms with van der Waals surface area (Å²) in [5, 5.41) is 1.43. The zero-order chi connectivity index (χ0) is 5.28. The van der Waals surface area contributed by atoms with E-state index in [0.717, 1.165) is 0 Å². The Morgan fingerprint density at radius 1 is 1.57 bits per heavy atom. The minimum Gasteiger partial charge on any atom is -0.248 e. The molecule has 0 saturated carbocycles. The molecular weight excluding hydrogens is 105 g/mol. The Labute approximate surface area is 44.9 Å². The summed E-state index contributed by atoms with van der Waals surface area (Å²) in [5.74, 6) is 0. The summed E-state index contributed by atoms with van der Waals surface area (Å²) in [7, 11) is 0.712. The second-order valence-corrected chi connectivity index (χ2v) is 2.91. The van der Waals surface area contributed by atoms with Gasteiger partial charge in [-0.2, -0.15) is 0 Å². The van der Waals surface area contributed by atoms with Crippen molar-refractivity contribution in [3.05, 3.63) is 17.1 Å². The van der Waals surface area contributed by atoms with Crippen LogP contribution in [0.5, 0.6) is 0 Å². The Kier molecular flexibility index (Phi) is 1.16. The number of nitrogens with zero attached hydrogens (tertiary/aromatic N) is 1.